The highest BCUT2D eigenvalue weighted by molar-refractivity contribution is 6.31. The van der Waals surface area contributed by atoms with Crippen LogP contribution in [0.25, 0.3) is 0 Å². The van der Waals surface area contributed by atoms with Crippen LogP contribution in [-0.2, 0) is 11.2 Å². The summed E-state index contributed by atoms with van der Waals surface area (Å²) in [5.41, 5.74) is 1.12. The van der Waals surface area contributed by atoms with Crippen molar-refractivity contribution in [1.82, 2.24) is 15.5 Å². The van der Waals surface area contributed by atoms with E-state index in [1.807, 2.05) is 36.1 Å². The summed E-state index contributed by atoms with van der Waals surface area (Å²) in [6.45, 7) is 4.23. The normalized spacial score (nSPS) is 18.1. The highest BCUT2D eigenvalue weighted by Gasteiger charge is 2.25. The van der Waals surface area contributed by atoms with Crippen molar-refractivity contribution in [2.24, 2.45) is 4.99 Å². The Balaban J connectivity index is 1.76. The standard InChI is InChI=1S/C17H25ClN4O/c1-3-16(23)22-11-9-14(12-22)21-17(19-2)20-10-8-13-6-4-5-7-15(13)18/h4-7,14H,3,8-12H2,1-2H3,(H2,19,20,21). The Morgan fingerprint density at radius 2 is 2.22 bits per heavy atom. The van der Waals surface area contributed by atoms with Crippen molar-refractivity contribution in [1.29, 1.82) is 0 Å². The lowest BCUT2D eigenvalue weighted by Crippen LogP contribution is -2.45. The van der Waals surface area contributed by atoms with Gasteiger partial charge >= 0.3 is 0 Å². The number of halogens is 1. The smallest absolute Gasteiger partial charge is 0.222 e. The quantitative estimate of drug-likeness (QED) is 0.639. The van der Waals surface area contributed by atoms with Gasteiger partial charge in [-0.15, -0.1) is 0 Å². The van der Waals surface area contributed by atoms with E-state index in [0.29, 0.717) is 6.42 Å². The van der Waals surface area contributed by atoms with E-state index in [4.69, 9.17) is 11.6 Å². The largest absolute Gasteiger partial charge is 0.356 e. The molecule has 1 fully saturated rings. The van der Waals surface area contributed by atoms with Crippen molar-refractivity contribution in [3.05, 3.63) is 34.9 Å². The molecule has 0 aromatic heterocycles. The van der Waals surface area contributed by atoms with Gasteiger partial charge in [-0.1, -0.05) is 36.7 Å². The number of hydrogen-bond acceptors (Lipinski definition) is 2. The van der Waals surface area contributed by atoms with E-state index in [2.05, 4.69) is 15.6 Å². The second-order valence-electron chi connectivity index (χ2n) is 5.66. The molecule has 5 nitrogen and oxygen atoms in total. The van der Waals surface area contributed by atoms with Gasteiger partial charge in [-0.3, -0.25) is 9.79 Å². The SMILES string of the molecule is CCC(=O)N1CCC(NC(=NC)NCCc2ccccc2Cl)C1. The van der Waals surface area contributed by atoms with Crippen molar-refractivity contribution in [3.8, 4) is 0 Å². The molecule has 0 radical (unpaired) electrons. The van der Waals surface area contributed by atoms with E-state index in [9.17, 15) is 4.79 Å². The molecule has 23 heavy (non-hydrogen) atoms. The van der Waals surface area contributed by atoms with Gasteiger partial charge in [-0.05, 0) is 24.5 Å². The minimum Gasteiger partial charge on any atom is -0.356 e. The third-order valence-corrected chi connectivity index (χ3v) is 4.42. The molecule has 0 spiro atoms. The van der Waals surface area contributed by atoms with Crippen LogP contribution < -0.4 is 10.6 Å². The van der Waals surface area contributed by atoms with Crippen LogP contribution in [0.1, 0.15) is 25.3 Å². The summed E-state index contributed by atoms with van der Waals surface area (Å²) in [6, 6.07) is 8.12. The maximum Gasteiger partial charge on any atom is 0.222 e. The summed E-state index contributed by atoms with van der Waals surface area (Å²) in [7, 11) is 1.76. The fourth-order valence-corrected chi connectivity index (χ4v) is 2.96. The number of likely N-dealkylation sites (tertiary alicyclic amines) is 1. The lowest BCUT2D eigenvalue weighted by molar-refractivity contribution is -0.129. The van der Waals surface area contributed by atoms with Crippen LogP contribution >= 0.6 is 11.6 Å². The second-order valence-corrected chi connectivity index (χ2v) is 6.07. The van der Waals surface area contributed by atoms with Gasteiger partial charge in [0.2, 0.25) is 5.91 Å². The number of guanidine groups is 1. The zero-order valence-corrected chi connectivity index (χ0v) is 14.6. The van der Waals surface area contributed by atoms with Crippen molar-refractivity contribution in [2.45, 2.75) is 32.2 Å². The molecule has 1 unspecified atom stereocenters. The first kappa shape index (κ1) is 17.6. The summed E-state index contributed by atoms with van der Waals surface area (Å²) < 4.78 is 0. The van der Waals surface area contributed by atoms with Crippen LogP contribution in [-0.4, -0.2) is 49.5 Å². The van der Waals surface area contributed by atoms with Gasteiger partial charge in [0.15, 0.2) is 5.96 Å². The zero-order valence-electron chi connectivity index (χ0n) is 13.8. The molecule has 1 aromatic carbocycles. The fraction of sp³-hybridized carbons (Fsp3) is 0.529. The zero-order chi connectivity index (χ0) is 16.7. The van der Waals surface area contributed by atoms with Crippen LogP contribution in [0.5, 0.6) is 0 Å². The molecule has 1 atom stereocenters. The number of nitrogens with zero attached hydrogens (tertiary/aromatic N) is 2. The molecule has 1 heterocycles. The molecule has 1 aliphatic rings. The molecule has 0 saturated carbocycles. The molecule has 126 valence electrons. The maximum absolute atomic E-state index is 11.7. The highest BCUT2D eigenvalue weighted by Crippen LogP contribution is 2.15. The van der Waals surface area contributed by atoms with Crippen LogP contribution in [0.4, 0.5) is 0 Å². The molecular formula is C17H25ClN4O. The highest BCUT2D eigenvalue weighted by atomic mass is 35.5. The lowest BCUT2D eigenvalue weighted by atomic mass is 10.1. The summed E-state index contributed by atoms with van der Waals surface area (Å²) in [4.78, 5) is 17.9. The van der Waals surface area contributed by atoms with Gasteiger partial charge in [0.05, 0.1) is 0 Å². The maximum atomic E-state index is 11.7. The Morgan fingerprint density at radius 3 is 2.91 bits per heavy atom. The van der Waals surface area contributed by atoms with E-state index in [1.54, 1.807) is 7.05 Å². The predicted octanol–water partition coefficient (Wildman–Crippen LogP) is 2.06. The summed E-state index contributed by atoms with van der Waals surface area (Å²) >= 11 is 6.16. The first-order chi connectivity index (χ1) is 11.1. The number of nitrogens with one attached hydrogen (secondary N) is 2. The van der Waals surface area contributed by atoms with E-state index in [0.717, 1.165) is 49.0 Å². The Bertz CT molecular complexity index is 561. The van der Waals surface area contributed by atoms with Crippen LogP contribution in [0, 0.1) is 0 Å². The van der Waals surface area contributed by atoms with Gasteiger partial charge in [0.1, 0.15) is 0 Å². The predicted molar refractivity (Wildman–Crippen MR) is 94.9 cm³/mol. The Kier molecular flexibility index (Phi) is 6.71. The van der Waals surface area contributed by atoms with E-state index in [1.165, 1.54) is 0 Å². The number of carbonyl (C=O) groups excluding carboxylic acids is 1. The van der Waals surface area contributed by atoms with Crippen LogP contribution in [0.2, 0.25) is 5.02 Å². The lowest BCUT2D eigenvalue weighted by Gasteiger charge is -2.18. The van der Waals surface area contributed by atoms with Gasteiger partial charge in [-0.2, -0.15) is 0 Å². The number of hydrogen-bond donors (Lipinski definition) is 2. The molecule has 2 N–H and O–H groups in total. The molecular weight excluding hydrogens is 312 g/mol. The van der Waals surface area contributed by atoms with Crippen LogP contribution in [0.15, 0.2) is 29.3 Å². The molecule has 1 amide bonds. The molecule has 0 bridgehead atoms. The molecule has 1 saturated heterocycles. The monoisotopic (exact) mass is 336 g/mol. The van der Waals surface area contributed by atoms with Gasteiger partial charge in [0.25, 0.3) is 0 Å². The topological polar surface area (TPSA) is 56.7 Å². The van der Waals surface area contributed by atoms with Crippen molar-refractivity contribution >= 4 is 23.5 Å². The average molecular weight is 337 g/mol. The summed E-state index contributed by atoms with van der Waals surface area (Å²) in [6.07, 6.45) is 2.36. The minimum atomic E-state index is 0.218. The minimum absolute atomic E-state index is 0.218. The Labute approximate surface area is 143 Å². The first-order valence-electron chi connectivity index (χ1n) is 8.12. The number of benzene rings is 1. The molecule has 2 rings (SSSR count). The summed E-state index contributed by atoms with van der Waals surface area (Å²) in [5, 5.41) is 7.49. The van der Waals surface area contributed by atoms with E-state index < -0.39 is 0 Å². The van der Waals surface area contributed by atoms with Crippen molar-refractivity contribution in [3.63, 3.8) is 0 Å². The van der Waals surface area contributed by atoms with Gasteiger partial charge in [0, 0.05) is 44.2 Å². The number of carbonyl (C=O) groups is 1. The second kappa shape index (κ2) is 8.77. The molecule has 6 heteroatoms. The number of amides is 1. The Hall–Kier alpha value is -1.75. The van der Waals surface area contributed by atoms with Gasteiger partial charge in [-0.25, -0.2) is 0 Å². The molecule has 1 aliphatic heterocycles. The summed E-state index contributed by atoms with van der Waals surface area (Å²) in [5.74, 6) is 0.990. The van der Waals surface area contributed by atoms with Gasteiger partial charge < -0.3 is 15.5 Å². The Morgan fingerprint density at radius 1 is 1.43 bits per heavy atom. The molecule has 1 aromatic rings. The van der Waals surface area contributed by atoms with Crippen molar-refractivity contribution in [2.75, 3.05) is 26.7 Å². The number of aliphatic imine (C=N–C) groups is 1. The molecule has 0 aliphatic carbocycles. The average Bonchev–Trinajstić information content (AvgIpc) is 3.03. The number of rotatable bonds is 5. The van der Waals surface area contributed by atoms with E-state index >= 15 is 0 Å². The van der Waals surface area contributed by atoms with Crippen LogP contribution in [0.3, 0.4) is 0 Å². The van der Waals surface area contributed by atoms with Crippen molar-refractivity contribution < 1.29 is 4.79 Å². The third-order valence-electron chi connectivity index (χ3n) is 4.05. The first-order valence-corrected chi connectivity index (χ1v) is 8.50. The third kappa shape index (κ3) is 5.13. The van der Waals surface area contributed by atoms with E-state index in [-0.39, 0.29) is 11.9 Å². The fourth-order valence-electron chi connectivity index (χ4n) is 2.73.